The van der Waals surface area contributed by atoms with Gasteiger partial charge in [0, 0.05) is 0 Å². The van der Waals surface area contributed by atoms with Gasteiger partial charge in [-0.3, -0.25) is 4.79 Å². The van der Waals surface area contributed by atoms with Gasteiger partial charge in [-0.05, 0) is 68.9 Å². The van der Waals surface area contributed by atoms with Gasteiger partial charge in [-0.25, -0.2) is 0 Å². The third kappa shape index (κ3) is 6.36. The first-order valence-electron chi connectivity index (χ1n) is 11.2. The van der Waals surface area contributed by atoms with E-state index in [1.165, 1.54) is 49.7 Å². The Bertz CT molecular complexity index is 638. The van der Waals surface area contributed by atoms with Gasteiger partial charge < -0.3 is 4.74 Å². The molecule has 1 atom stereocenters. The summed E-state index contributed by atoms with van der Waals surface area (Å²) in [5, 5.41) is 9.24. The second-order valence-electron chi connectivity index (χ2n) is 8.58. The Balaban J connectivity index is 1.77. The molecule has 2 rings (SSSR count). The molecule has 0 bridgehead atoms. The molecule has 0 aliphatic heterocycles. The first-order chi connectivity index (χ1) is 13.5. The zero-order valence-corrected chi connectivity index (χ0v) is 18.0. The number of unbranched alkanes of at least 4 members (excludes halogenated alkanes) is 4. The van der Waals surface area contributed by atoms with E-state index >= 15 is 0 Å². The second-order valence-corrected chi connectivity index (χ2v) is 8.58. The third-order valence-electron chi connectivity index (χ3n) is 6.37. The summed E-state index contributed by atoms with van der Waals surface area (Å²) in [6, 6.07) is 11.3. The number of benzene rings is 1. The lowest BCUT2D eigenvalue weighted by Crippen LogP contribution is -2.33. The van der Waals surface area contributed by atoms with E-state index < -0.39 is 5.41 Å². The number of carbonyl (C=O) groups excluding carboxylic acids is 1. The summed E-state index contributed by atoms with van der Waals surface area (Å²) in [5.74, 6) is 0.200. The Kier molecular flexibility index (Phi) is 9.03. The van der Waals surface area contributed by atoms with Gasteiger partial charge in [0.05, 0.1) is 6.07 Å². The zero-order valence-electron chi connectivity index (χ0n) is 18.0. The molecule has 3 heteroatoms. The fourth-order valence-electron chi connectivity index (χ4n) is 3.95. The predicted molar refractivity (Wildman–Crippen MR) is 114 cm³/mol. The summed E-state index contributed by atoms with van der Waals surface area (Å²) in [6.45, 7) is 5.78. The van der Waals surface area contributed by atoms with Crippen LogP contribution in [0.1, 0.15) is 102 Å². The lowest BCUT2D eigenvalue weighted by molar-refractivity contribution is -0.159. The van der Waals surface area contributed by atoms with Crippen molar-refractivity contribution in [2.24, 2.45) is 5.41 Å². The highest BCUT2D eigenvalue weighted by Crippen LogP contribution is 2.35. The number of hydrogen-bond acceptors (Lipinski definition) is 3. The van der Waals surface area contributed by atoms with Crippen LogP contribution >= 0.6 is 0 Å². The Morgan fingerprint density at radius 1 is 1.07 bits per heavy atom. The maximum absolute atomic E-state index is 12.3. The topological polar surface area (TPSA) is 50.1 Å². The van der Waals surface area contributed by atoms with Crippen LogP contribution in [0, 0.1) is 16.7 Å². The smallest absolute Gasteiger partial charge is 0.326 e. The number of aryl methyl sites for hydroxylation is 1. The number of esters is 1. The Morgan fingerprint density at radius 2 is 1.71 bits per heavy atom. The van der Waals surface area contributed by atoms with Crippen molar-refractivity contribution in [3.63, 3.8) is 0 Å². The number of nitrogens with zero attached hydrogens (tertiary/aromatic N) is 1. The molecule has 3 nitrogen and oxygen atoms in total. The zero-order chi connectivity index (χ0) is 20.4. The first kappa shape index (κ1) is 22.5. The Morgan fingerprint density at radius 3 is 2.29 bits per heavy atom. The van der Waals surface area contributed by atoms with Crippen molar-refractivity contribution >= 4 is 5.97 Å². The largest absolute Gasteiger partial charge is 0.461 e. The summed E-state index contributed by atoms with van der Waals surface area (Å²) in [6.07, 6.45) is 12.1. The molecule has 0 saturated heterocycles. The van der Waals surface area contributed by atoms with Gasteiger partial charge in [0.15, 0.2) is 5.41 Å². The van der Waals surface area contributed by atoms with E-state index in [9.17, 15) is 10.1 Å². The minimum atomic E-state index is -1.01. The van der Waals surface area contributed by atoms with Gasteiger partial charge in [-0.2, -0.15) is 5.26 Å². The highest BCUT2D eigenvalue weighted by atomic mass is 16.5. The summed E-state index contributed by atoms with van der Waals surface area (Å²) < 4.78 is 5.65. The van der Waals surface area contributed by atoms with Crippen LogP contribution < -0.4 is 0 Å². The van der Waals surface area contributed by atoms with Crippen molar-refractivity contribution in [3.8, 4) is 6.07 Å². The highest BCUT2D eigenvalue weighted by molar-refractivity contribution is 5.79. The van der Waals surface area contributed by atoms with E-state index in [4.69, 9.17) is 4.74 Å². The second kappa shape index (κ2) is 11.2. The van der Waals surface area contributed by atoms with Gasteiger partial charge in [0.25, 0.3) is 0 Å². The average molecular weight is 384 g/mol. The molecule has 0 spiro atoms. The molecule has 0 amide bonds. The van der Waals surface area contributed by atoms with Gasteiger partial charge in [0.2, 0.25) is 0 Å². The lowest BCUT2D eigenvalue weighted by Gasteiger charge is -2.30. The molecule has 0 heterocycles. The van der Waals surface area contributed by atoms with Crippen molar-refractivity contribution in [1.29, 1.82) is 5.26 Å². The molecule has 0 aromatic heterocycles. The van der Waals surface area contributed by atoms with E-state index in [1.54, 1.807) is 6.92 Å². The number of nitriles is 1. The molecule has 1 aliphatic rings. The van der Waals surface area contributed by atoms with E-state index in [0.29, 0.717) is 12.3 Å². The normalized spacial score (nSPS) is 21.5. The van der Waals surface area contributed by atoms with Crippen LogP contribution in [0.15, 0.2) is 24.3 Å². The van der Waals surface area contributed by atoms with Crippen LogP contribution in [0.3, 0.4) is 0 Å². The molecule has 1 unspecified atom stereocenters. The van der Waals surface area contributed by atoms with E-state index in [1.807, 2.05) is 6.92 Å². The average Bonchev–Trinajstić information content (AvgIpc) is 2.74. The molecule has 1 aromatic rings. The predicted octanol–water partition coefficient (Wildman–Crippen LogP) is 6.71. The van der Waals surface area contributed by atoms with Crippen molar-refractivity contribution in [3.05, 3.63) is 35.4 Å². The Hall–Kier alpha value is -1.82. The summed E-state index contributed by atoms with van der Waals surface area (Å²) in [5.41, 5.74) is 1.84. The van der Waals surface area contributed by atoms with Crippen LogP contribution in [-0.4, -0.2) is 12.1 Å². The number of hydrogen-bond donors (Lipinski definition) is 0. The van der Waals surface area contributed by atoms with Crippen molar-refractivity contribution in [1.82, 2.24) is 0 Å². The summed E-state index contributed by atoms with van der Waals surface area (Å²) >= 11 is 0. The number of ether oxygens (including phenoxy) is 1. The molecule has 28 heavy (non-hydrogen) atoms. The highest BCUT2D eigenvalue weighted by Gasteiger charge is 2.35. The first-order valence-corrected chi connectivity index (χ1v) is 11.2. The van der Waals surface area contributed by atoms with Crippen molar-refractivity contribution in [2.75, 3.05) is 0 Å². The van der Waals surface area contributed by atoms with Crippen LogP contribution in [0.5, 0.6) is 0 Å². The number of rotatable bonds is 10. The van der Waals surface area contributed by atoms with Crippen LogP contribution in [0.25, 0.3) is 0 Å². The fraction of sp³-hybridized carbons (Fsp3) is 0.680. The lowest BCUT2D eigenvalue weighted by atomic mass is 9.82. The molecule has 1 saturated carbocycles. The molecular formula is C25H37NO2. The van der Waals surface area contributed by atoms with Crippen LogP contribution in [0.2, 0.25) is 0 Å². The fourth-order valence-corrected chi connectivity index (χ4v) is 3.95. The third-order valence-corrected chi connectivity index (χ3v) is 6.37. The standard InChI is InChI=1S/C25H37NO2/c1-4-6-7-8-9-10-20-11-13-21(14-12-20)22-15-17-23(18-16-22)28-24(27)25(3,5-2)19-26/h11-14,22-23H,4-10,15-18H2,1-3H3. The minimum absolute atomic E-state index is 0.0367. The Labute approximate surface area is 171 Å². The monoisotopic (exact) mass is 383 g/mol. The molecular weight excluding hydrogens is 346 g/mol. The van der Waals surface area contributed by atoms with Crippen LogP contribution in [-0.2, 0) is 16.0 Å². The van der Waals surface area contributed by atoms with E-state index in [-0.39, 0.29) is 12.1 Å². The minimum Gasteiger partial charge on any atom is -0.461 e. The molecule has 154 valence electrons. The maximum atomic E-state index is 12.3. The summed E-state index contributed by atoms with van der Waals surface area (Å²) in [4.78, 5) is 12.3. The summed E-state index contributed by atoms with van der Waals surface area (Å²) in [7, 11) is 0. The van der Waals surface area contributed by atoms with Gasteiger partial charge in [-0.1, -0.05) is 63.8 Å². The quantitative estimate of drug-likeness (QED) is 0.333. The van der Waals surface area contributed by atoms with Crippen molar-refractivity contribution in [2.45, 2.75) is 103 Å². The molecule has 0 radical (unpaired) electrons. The van der Waals surface area contributed by atoms with Crippen molar-refractivity contribution < 1.29 is 9.53 Å². The molecule has 1 aromatic carbocycles. The molecule has 1 fully saturated rings. The molecule has 0 N–H and O–H groups in total. The van der Waals surface area contributed by atoms with Gasteiger partial charge >= 0.3 is 5.97 Å². The van der Waals surface area contributed by atoms with Gasteiger partial charge in [-0.15, -0.1) is 0 Å². The number of carbonyl (C=O) groups is 1. The maximum Gasteiger partial charge on any atom is 0.326 e. The van der Waals surface area contributed by atoms with E-state index in [0.717, 1.165) is 25.7 Å². The van der Waals surface area contributed by atoms with E-state index in [2.05, 4.69) is 37.3 Å². The molecule has 1 aliphatic carbocycles. The van der Waals surface area contributed by atoms with Crippen LogP contribution in [0.4, 0.5) is 0 Å². The van der Waals surface area contributed by atoms with Gasteiger partial charge in [0.1, 0.15) is 6.10 Å². The SMILES string of the molecule is CCCCCCCc1ccc(C2CCC(OC(=O)C(C)(C#N)CC)CC2)cc1.